The van der Waals surface area contributed by atoms with Crippen LogP contribution in [0.1, 0.15) is 24.6 Å². The van der Waals surface area contributed by atoms with Crippen molar-refractivity contribution in [2.45, 2.75) is 25.1 Å². The first-order valence-corrected chi connectivity index (χ1v) is 4.45. The zero-order valence-corrected chi connectivity index (χ0v) is 6.81. The van der Waals surface area contributed by atoms with E-state index in [2.05, 4.69) is 29.3 Å². The normalized spacial score (nSPS) is 33.3. The largest absolute Gasteiger partial charge is 0.270 e. The summed E-state index contributed by atoms with van der Waals surface area (Å²) in [6.07, 6.45) is 2.88. The first kappa shape index (κ1) is 6.63. The third kappa shape index (κ3) is 1.04. The van der Waals surface area contributed by atoms with Gasteiger partial charge in [-0.25, -0.2) is 0 Å². The lowest BCUT2D eigenvalue weighted by molar-refractivity contribution is 0.191. The average molecular weight is 161 g/mol. The molecule has 0 radical (unpaired) electrons. The molecule has 2 atom stereocenters. The zero-order valence-electron chi connectivity index (χ0n) is 6.81. The van der Waals surface area contributed by atoms with E-state index < -0.39 is 0 Å². The Balaban J connectivity index is 1.76. The molecule has 1 aliphatic carbocycles. The second-order valence-corrected chi connectivity index (χ2v) is 3.46. The minimum Gasteiger partial charge on any atom is -0.270 e. The van der Waals surface area contributed by atoms with Gasteiger partial charge in [-0.3, -0.25) is 4.84 Å². The van der Waals surface area contributed by atoms with Crippen molar-refractivity contribution in [3.63, 3.8) is 0 Å². The van der Waals surface area contributed by atoms with E-state index >= 15 is 0 Å². The molecule has 2 aliphatic rings. The highest BCUT2D eigenvalue weighted by Crippen LogP contribution is 2.46. The fourth-order valence-corrected chi connectivity index (χ4v) is 1.52. The Kier molecular flexibility index (Phi) is 1.28. The predicted molar refractivity (Wildman–Crippen MR) is 45.1 cm³/mol. The van der Waals surface area contributed by atoms with Crippen LogP contribution in [-0.4, -0.2) is 11.1 Å². The van der Waals surface area contributed by atoms with Gasteiger partial charge in [0.2, 0.25) is 0 Å². The summed E-state index contributed by atoms with van der Waals surface area (Å²) >= 11 is 0. The molecule has 1 aliphatic heterocycles. The molecule has 0 aromatic heterocycles. The molecule has 0 N–H and O–H groups in total. The fourth-order valence-electron chi connectivity index (χ4n) is 1.52. The number of hydrogen-bond acceptors (Lipinski definition) is 2. The highest BCUT2D eigenvalue weighted by molar-refractivity contribution is 5.19. The van der Waals surface area contributed by atoms with Crippen molar-refractivity contribution in [2.24, 2.45) is 0 Å². The molecule has 1 aromatic rings. The summed E-state index contributed by atoms with van der Waals surface area (Å²) in [5.41, 5.74) is 1.28. The van der Waals surface area contributed by atoms with E-state index in [9.17, 15) is 0 Å². The summed E-state index contributed by atoms with van der Waals surface area (Å²) < 4.78 is 0. The van der Waals surface area contributed by atoms with Gasteiger partial charge in [-0.1, -0.05) is 30.3 Å². The minimum absolute atomic E-state index is 0.263. The van der Waals surface area contributed by atoms with Crippen LogP contribution in [0.2, 0.25) is 0 Å². The highest BCUT2D eigenvalue weighted by Gasteiger charge is 2.47. The van der Waals surface area contributed by atoms with E-state index in [-0.39, 0.29) is 6.23 Å². The molecule has 2 unspecified atom stereocenters. The molecule has 1 saturated carbocycles. The lowest BCUT2D eigenvalue weighted by atomic mass is 10.2. The smallest absolute Gasteiger partial charge is 0.180 e. The third-order valence-electron chi connectivity index (χ3n) is 2.40. The lowest BCUT2D eigenvalue weighted by Crippen LogP contribution is -1.99. The van der Waals surface area contributed by atoms with Crippen LogP contribution in [-0.2, 0) is 4.84 Å². The average Bonchev–Trinajstić information content (AvgIpc) is 2.99. The van der Waals surface area contributed by atoms with Crippen molar-refractivity contribution >= 4 is 0 Å². The molecule has 12 heavy (non-hydrogen) atoms. The van der Waals surface area contributed by atoms with Crippen LogP contribution in [0.25, 0.3) is 0 Å². The van der Waals surface area contributed by atoms with Gasteiger partial charge >= 0.3 is 0 Å². The van der Waals surface area contributed by atoms with Crippen LogP contribution in [0.4, 0.5) is 0 Å². The van der Waals surface area contributed by atoms with Gasteiger partial charge in [0.1, 0.15) is 0 Å². The molecule has 1 saturated heterocycles. The lowest BCUT2D eigenvalue weighted by Gasteiger charge is -1.93. The molecule has 1 aromatic carbocycles. The Morgan fingerprint density at radius 3 is 2.58 bits per heavy atom. The van der Waals surface area contributed by atoms with E-state index in [0.717, 1.165) is 6.04 Å². The van der Waals surface area contributed by atoms with Crippen molar-refractivity contribution in [3.05, 3.63) is 35.9 Å². The Bertz CT molecular complexity index is 281. The standard InChI is InChI=1S/C10H11NO/c1-2-4-8(5-3-1)10-11(12-10)9-6-7-9/h1-5,9-10H,6-7H2. The second-order valence-electron chi connectivity index (χ2n) is 3.46. The van der Waals surface area contributed by atoms with Gasteiger partial charge in [0, 0.05) is 6.04 Å². The summed E-state index contributed by atoms with van der Waals surface area (Å²) in [6, 6.07) is 11.1. The van der Waals surface area contributed by atoms with E-state index in [1.54, 1.807) is 0 Å². The van der Waals surface area contributed by atoms with Gasteiger partial charge in [-0.05, 0) is 18.4 Å². The van der Waals surface area contributed by atoms with Gasteiger partial charge < -0.3 is 0 Å². The van der Waals surface area contributed by atoms with Crippen LogP contribution in [0, 0.1) is 0 Å². The van der Waals surface area contributed by atoms with Crippen molar-refractivity contribution < 1.29 is 4.84 Å². The van der Waals surface area contributed by atoms with E-state index in [4.69, 9.17) is 4.84 Å². The monoisotopic (exact) mass is 161 g/mol. The van der Waals surface area contributed by atoms with Crippen molar-refractivity contribution in [1.29, 1.82) is 0 Å². The Morgan fingerprint density at radius 1 is 1.17 bits per heavy atom. The zero-order chi connectivity index (χ0) is 7.97. The Hall–Kier alpha value is -0.860. The number of benzene rings is 1. The van der Waals surface area contributed by atoms with Crippen LogP contribution in [0.3, 0.4) is 0 Å². The molecule has 2 nitrogen and oxygen atoms in total. The van der Waals surface area contributed by atoms with Gasteiger partial charge in [-0.2, -0.15) is 0 Å². The van der Waals surface area contributed by atoms with Gasteiger partial charge in [0.05, 0.1) is 0 Å². The van der Waals surface area contributed by atoms with Crippen LogP contribution < -0.4 is 0 Å². The summed E-state index contributed by atoms with van der Waals surface area (Å²) in [7, 11) is 0. The van der Waals surface area contributed by atoms with Crippen LogP contribution in [0.5, 0.6) is 0 Å². The number of hydrogen-bond donors (Lipinski definition) is 0. The molecule has 62 valence electrons. The van der Waals surface area contributed by atoms with Crippen molar-refractivity contribution in [3.8, 4) is 0 Å². The number of hydroxylamine groups is 2. The number of rotatable bonds is 2. The van der Waals surface area contributed by atoms with Gasteiger partial charge in [0.15, 0.2) is 6.23 Å². The fraction of sp³-hybridized carbons (Fsp3) is 0.400. The van der Waals surface area contributed by atoms with Crippen LogP contribution >= 0.6 is 0 Å². The summed E-state index contributed by atoms with van der Waals surface area (Å²) in [6.45, 7) is 0. The predicted octanol–water partition coefficient (Wildman–Crippen LogP) is 2.09. The summed E-state index contributed by atoms with van der Waals surface area (Å²) in [4.78, 5) is 5.46. The van der Waals surface area contributed by atoms with Gasteiger partial charge in [0.25, 0.3) is 0 Å². The number of nitrogens with zero attached hydrogens (tertiary/aromatic N) is 1. The topological polar surface area (TPSA) is 15.5 Å². The minimum atomic E-state index is 0.263. The Morgan fingerprint density at radius 2 is 1.92 bits per heavy atom. The van der Waals surface area contributed by atoms with Crippen LogP contribution in [0.15, 0.2) is 30.3 Å². The molecule has 2 heteroatoms. The molecule has 0 spiro atoms. The van der Waals surface area contributed by atoms with E-state index in [1.165, 1.54) is 18.4 Å². The van der Waals surface area contributed by atoms with Crippen molar-refractivity contribution in [1.82, 2.24) is 5.06 Å². The van der Waals surface area contributed by atoms with Crippen molar-refractivity contribution in [2.75, 3.05) is 0 Å². The first-order chi connectivity index (χ1) is 5.95. The summed E-state index contributed by atoms with van der Waals surface area (Å²) in [5.74, 6) is 0. The van der Waals surface area contributed by atoms with E-state index in [0.29, 0.717) is 0 Å². The maximum absolute atomic E-state index is 5.46. The van der Waals surface area contributed by atoms with Gasteiger partial charge in [-0.15, -0.1) is 5.06 Å². The quantitative estimate of drug-likeness (QED) is 0.617. The second kappa shape index (κ2) is 2.31. The molecule has 3 rings (SSSR count). The molecule has 1 heterocycles. The SMILES string of the molecule is c1ccc(C2ON2C2CC2)cc1. The molecule has 2 fully saturated rings. The third-order valence-corrected chi connectivity index (χ3v) is 2.40. The summed E-state index contributed by atoms with van der Waals surface area (Å²) in [5, 5.41) is 2.11. The maximum atomic E-state index is 5.46. The molecule has 0 bridgehead atoms. The molecular formula is C10H11NO. The highest BCUT2D eigenvalue weighted by atomic mass is 16.8. The molecule has 0 amide bonds. The Labute approximate surface area is 71.7 Å². The maximum Gasteiger partial charge on any atom is 0.180 e. The molecular weight excluding hydrogens is 150 g/mol. The van der Waals surface area contributed by atoms with E-state index in [1.807, 2.05) is 6.07 Å². The first-order valence-electron chi connectivity index (χ1n) is 4.45.